The molecule has 1 aromatic carbocycles. The van der Waals surface area contributed by atoms with E-state index < -0.39 is 5.97 Å². The van der Waals surface area contributed by atoms with Crippen LogP contribution in [-0.2, 0) is 4.79 Å². The number of carboxylic acids is 1. The van der Waals surface area contributed by atoms with Crippen molar-refractivity contribution in [3.05, 3.63) is 48.0 Å². The Labute approximate surface area is 109 Å². The van der Waals surface area contributed by atoms with Gasteiger partial charge in [-0.3, -0.25) is 4.79 Å². The summed E-state index contributed by atoms with van der Waals surface area (Å²) in [6.07, 6.45) is 5.39. The van der Waals surface area contributed by atoms with Gasteiger partial charge in [-0.05, 0) is 24.0 Å². The van der Waals surface area contributed by atoms with Crippen molar-refractivity contribution in [2.24, 2.45) is 0 Å². The van der Waals surface area contributed by atoms with Crippen LogP contribution in [0.3, 0.4) is 0 Å². The van der Waals surface area contributed by atoms with Gasteiger partial charge in [0.25, 0.3) is 0 Å². The Morgan fingerprint density at radius 3 is 2.67 bits per heavy atom. The van der Waals surface area contributed by atoms with Gasteiger partial charge in [0.1, 0.15) is 5.82 Å². The van der Waals surface area contributed by atoms with Gasteiger partial charge in [0.05, 0.1) is 12.3 Å². The summed E-state index contributed by atoms with van der Waals surface area (Å²) >= 11 is 1.66. The van der Waals surface area contributed by atoms with E-state index in [9.17, 15) is 4.79 Å². The van der Waals surface area contributed by atoms with Crippen LogP contribution in [0.1, 0.15) is 23.7 Å². The minimum atomic E-state index is -0.828. The molecule has 0 bridgehead atoms. The van der Waals surface area contributed by atoms with Gasteiger partial charge in [0.2, 0.25) is 0 Å². The van der Waals surface area contributed by atoms with Crippen LogP contribution in [0.25, 0.3) is 0 Å². The maximum atomic E-state index is 11.0. The van der Waals surface area contributed by atoms with Crippen molar-refractivity contribution in [2.45, 2.75) is 17.2 Å². The highest BCUT2D eigenvalue weighted by Crippen LogP contribution is 2.27. The van der Waals surface area contributed by atoms with Crippen molar-refractivity contribution in [1.82, 2.24) is 9.97 Å². The summed E-state index contributed by atoms with van der Waals surface area (Å²) in [7, 11) is 0. The van der Waals surface area contributed by atoms with Crippen molar-refractivity contribution in [1.29, 1.82) is 0 Å². The van der Waals surface area contributed by atoms with Gasteiger partial charge >= 0.3 is 5.97 Å². The number of aromatic nitrogens is 2. The van der Waals surface area contributed by atoms with E-state index in [1.54, 1.807) is 24.2 Å². The Balaban J connectivity index is 2.30. The van der Waals surface area contributed by atoms with Crippen LogP contribution < -0.4 is 0 Å². The van der Waals surface area contributed by atoms with Gasteiger partial charge in [0, 0.05) is 17.3 Å². The lowest BCUT2D eigenvalue weighted by atomic mass is 9.95. The van der Waals surface area contributed by atoms with Crippen molar-refractivity contribution in [3.8, 4) is 0 Å². The number of thioether (sulfide) groups is 1. The lowest BCUT2D eigenvalue weighted by molar-refractivity contribution is -0.137. The largest absolute Gasteiger partial charge is 0.481 e. The van der Waals surface area contributed by atoms with Crippen molar-refractivity contribution < 1.29 is 9.90 Å². The normalized spacial score (nSPS) is 12.3. The fourth-order valence-electron chi connectivity index (χ4n) is 1.85. The predicted octanol–water partition coefficient (Wildman–Crippen LogP) is 2.74. The molecule has 1 atom stereocenters. The molecule has 0 saturated heterocycles. The molecular weight excluding hydrogens is 248 g/mol. The van der Waals surface area contributed by atoms with Crippen LogP contribution in [0.4, 0.5) is 0 Å². The summed E-state index contributed by atoms with van der Waals surface area (Å²) in [5.41, 5.74) is 0.963. The number of benzene rings is 1. The van der Waals surface area contributed by atoms with E-state index in [4.69, 9.17) is 5.11 Å². The minimum Gasteiger partial charge on any atom is -0.481 e. The van der Waals surface area contributed by atoms with Crippen LogP contribution in [-0.4, -0.2) is 27.3 Å². The highest BCUT2D eigenvalue weighted by molar-refractivity contribution is 7.98. The Morgan fingerprint density at radius 2 is 2.17 bits per heavy atom. The third-order valence-electron chi connectivity index (χ3n) is 2.75. The Kier molecular flexibility index (Phi) is 4.04. The van der Waals surface area contributed by atoms with Crippen molar-refractivity contribution in [3.63, 3.8) is 0 Å². The lowest BCUT2D eigenvalue weighted by Gasteiger charge is -2.13. The number of nitrogens with zero attached hydrogens (tertiary/aromatic N) is 1. The number of nitrogens with one attached hydrogen (secondary N) is 1. The molecule has 18 heavy (non-hydrogen) atoms. The zero-order valence-corrected chi connectivity index (χ0v) is 10.8. The topological polar surface area (TPSA) is 66.0 Å². The lowest BCUT2D eigenvalue weighted by Crippen LogP contribution is -2.09. The number of carboxylic acid groups (broad SMARTS) is 1. The summed E-state index contributed by atoms with van der Waals surface area (Å²) in [5, 5.41) is 9.00. The Bertz CT molecular complexity index is 508. The number of aliphatic carboxylic acids is 1. The molecule has 0 aliphatic rings. The minimum absolute atomic E-state index is 0.0339. The molecule has 0 aliphatic carbocycles. The monoisotopic (exact) mass is 262 g/mol. The van der Waals surface area contributed by atoms with Gasteiger partial charge in [-0.25, -0.2) is 4.98 Å². The Morgan fingerprint density at radius 1 is 1.44 bits per heavy atom. The number of hydrogen-bond acceptors (Lipinski definition) is 3. The molecule has 4 nitrogen and oxygen atoms in total. The molecule has 2 N–H and O–H groups in total. The molecule has 1 unspecified atom stereocenters. The molecule has 5 heteroatoms. The average Bonchev–Trinajstić information content (AvgIpc) is 2.89. The molecule has 0 radical (unpaired) electrons. The van der Waals surface area contributed by atoms with Gasteiger partial charge in [-0.1, -0.05) is 12.1 Å². The van der Waals surface area contributed by atoms with E-state index >= 15 is 0 Å². The molecule has 1 heterocycles. The first-order valence-corrected chi connectivity index (χ1v) is 6.78. The van der Waals surface area contributed by atoms with Crippen molar-refractivity contribution in [2.75, 3.05) is 6.26 Å². The first kappa shape index (κ1) is 12.7. The number of hydrogen-bond donors (Lipinski definition) is 2. The summed E-state index contributed by atoms with van der Waals surface area (Å²) in [6.45, 7) is 0. The molecule has 0 amide bonds. The van der Waals surface area contributed by atoms with E-state index in [0.29, 0.717) is 5.82 Å². The first-order chi connectivity index (χ1) is 8.70. The Hall–Kier alpha value is -1.75. The molecule has 0 fully saturated rings. The van der Waals surface area contributed by atoms with Crippen LogP contribution in [0.2, 0.25) is 0 Å². The average molecular weight is 262 g/mol. The number of H-pyrrole nitrogens is 1. The zero-order valence-electron chi connectivity index (χ0n) is 9.96. The van der Waals surface area contributed by atoms with Crippen LogP contribution in [0.15, 0.2) is 41.6 Å². The van der Waals surface area contributed by atoms with Crippen LogP contribution >= 0.6 is 11.8 Å². The number of carbonyl (C=O) groups is 1. The third-order valence-corrected chi connectivity index (χ3v) is 3.49. The number of rotatable bonds is 5. The SMILES string of the molecule is CSc1ccc(C(CC(=O)O)c2ncc[nH]2)cc1. The predicted molar refractivity (Wildman–Crippen MR) is 70.9 cm³/mol. The van der Waals surface area contributed by atoms with Crippen LogP contribution in [0.5, 0.6) is 0 Å². The van der Waals surface area contributed by atoms with E-state index in [0.717, 1.165) is 10.5 Å². The maximum absolute atomic E-state index is 11.0. The second kappa shape index (κ2) is 5.73. The van der Waals surface area contributed by atoms with E-state index in [-0.39, 0.29) is 12.3 Å². The highest BCUT2D eigenvalue weighted by Gasteiger charge is 2.19. The molecule has 94 valence electrons. The summed E-state index contributed by atoms with van der Waals surface area (Å²) < 4.78 is 0. The zero-order chi connectivity index (χ0) is 13.0. The molecule has 1 aromatic heterocycles. The number of aromatic amines is 1. The van der Waals surface area contributed by atoms with Crippen molar-refractivity contribution >= 4 is 17.7 Å². The second-order valence-electron chi connectivity index (χ2n) is 3.90. The summed E-state index contributed by atoms with van der Waals surface area (Å²) in [4.78, 5) is 19.3. The molecule has 0 spiro atoms. The fraction of sp³-hybridized carbons (Fsp3) is 0.231. The smallest absolute Gasteiger partial charge is 0.304 e. The molecule has 0 aliphatic heterocycles. The van der Waals surface area contributed by atoms with Gasteiger partial charge in [-0.2, -0.15) is 0 Å². The van der Waals surface area contributed by atoms with Crippen LogP contribution in [0, 0.1) is 0 Å². The van der Waals surface area contributed by atoms with E-state index in [2.05, 4.69) is 9.97 Å². The fourth-order valence-corrected chi connectivity index (χ4v) is 2.26. The van der Waals surface area contributed by atoms with Gasteiger partial charge in [-0.15, -0.1) is 11.8 Å². The maximum Gasteiger partial charge on any atom is 0.304 e. The number of imidazole rings is 1. The van der Waals surface area contributed by atoms with Gasteiger partial charge < -0.3 is 10.1 Å². The molecule has 0 saturated carbocycles. The van der Waals surface area contributed by atoms with E-state index in [1.165, 1.54) is 0 Å². The van der Waals surface area contributed by atoms with Gasteiger partial charge in [0.15, 0.2) is 0 Å². The first-order valence-electron chi connectivity index (χ1n) is 5.55. The highest BCUT2D eigenvalue weighted by atomic mass is 32.2. The molecular formula is C13H14N2O2S. The molecule has 2 aromatic rings. The quantitative estimate of drug-likeness (QED) is 0.813. The summed E-state index contributed by atoms with van der Waals surface area (Å²) in [5.74, 6) is -0.368. The molecule has 2 rings (SSSR count). The third kappa shape index (κ3) is 2.92. The summed E-state index contributed by atoms with van der Waals surface area (Å²) in [6, 6.07) is 7.92. The van der Waals surface area contributed by atoms with E-state index in [1.807, 2.05) is 30.5 Å². The standard InChI is InChI=1S/C13H14N2O2S/c1-18-10-4-2-9(3-5-10)11(8-12(16)17)13-14-6-7-15-13/h2-7,11H,8H2,1H3,(H,14,15)(H,16,17). The second-order valence-corrected chi connectivity index (χ2v) is 4.78.